The lowest BCUT2D eigenvalue weighted by atomic mass is 10.0. The molecule has 5 heteroatoms. The molecule has 0 bridgehead atoms. The van der Waals surface area contributed by atoms with Crippen LogP contribution in [0.1, 0.15) is 28.8 Å². The Hall–Kier alpha value is -2.37. The molecule has 2 aromatic carbocycles. The van der Waals surface area contributed by atoms with Gasteiger partial charge in [0.05, 0.1) is 13.2 Å². The lowest BCUT2D eigenvalue weighted by Gasteiger charge is -2.33. The van der Waals surface area contributed by atoms with Gasteiger partial charge in [0, 0.05) is 43.5 Å². The third-order valence-corrected chi connectivity index (χ3v) is 5.88. The molecule has 2 heterocycles. The second kappa shape index (κ2) is 9.90. The number of rotatable bonds is 6. The molecule has 2 saturated heterocycles. The first-order valence-electron chi connectivity index (χ1n) is 10.8. The second-order valence-electron chi connectivity index (χ2n) is 8.00. The fourth-order valence-corrected chi connectivity index (χ4v) is 4.24. The van der Waals surface area contributed by atoms with E-state index in [4.69, 9.17) is 4.74 Å². The van der Waals surface area contributed by atoms with Crippen LogP contribution in [-0.4, -0.2) is 62.8 Å². The van der Waals surface area contributed by atoms with Gasteiger partial charge in [-0.05, 0) is 49.6 Å². The van der Waals surface area contributed by atoms with E-state index in [9.17, 15) is 4.79 Å². The number of hydrogen-bond acceptors (Lipinski definition) is 4. The van der Waals surface area contributed by atoms with E-state index in [1.54, 1.807) is 0 Å². The maximum atomic E-state index is 12.9. The quantitative estimate of drug-likeness (QED) is 0.820. The van der Waals surface area contributed by atoms with Crippen molar-refractivity contribution in [2.45, 2.75) is 25.3 Å². The van der Waals surface area contributed by atoms with Crippen LogP contribution < -0.4 is 10.2 Å². The predicted octanol–water partition coefficient (Wildman–Crippen LogP) is 2.96. The fraction of sp³-hybridized carbons (Fsp3) is 0.458. The number of nitrogens with one attached hydrogen (secondary N) is 1. The minimum Gasteiger partial charge on any atom is -0.378 e. The average Bonchev–Trinajstić information content (AvgIpc) is 2.79. The number of likely N-dealkylation sites (tertiary alicyclic amines) is 1. The number of morpholine rings is 1. The number of amides is 1. The van der Waals surface area contributed by atoms with Crippen LogP contribution in [0.25, 0.3) is 0 Å². The maximum Gasteiger partial charge on any atom is 0.251 e. The van der Waals surface area contributed by atoms with Gasteiger partial charge in [-0.1, -0.05) is 36.4 Å². The van der Waals surface area contributed by atoms with Crippen molar-refractivity contribution in [3.63, 3.8) is 0 Å². The summed E-state index contributed by atoms with van der Waals surface area (Å²) in [5.41, 5.74) is 3.23. The number of carbonyl (C=O) groups is 1. The zero-order valence-corrected chi connectivity index (χ0v) is 17.1. The highest BCUT2D eigenvalue weighted by molar-refractivity contribution is 5.95. The molecule has 0 radical (unpaired) electrons. The van der Waals surface area contributed by atoms with Gasteiger partial charge in [0.15, 0.2) is 0 Å². The largest absolute Gasteiger partial charge is 0.378 e. The molecule has 1 N–H and O–H groups in total. The summed E-state index contributed by atoms with van der Waals surface area (Å²) in [5.74, 6) is 0.0371. The first kappa shape index (κ1) is 19.9. The van der Waals surface area contributed by atoms with Crippen LogP contribution in [0.4, 0.5) is 5.69 Å². The van der Waals surface area contributed by atoms with E-state index in [0.29, 0.717) is 0 Å². The van der Waals surface area contributed by atoms with Crippen molar-refractivity contribution in [3.05, 3.63) is 65.7 Å². The van der Waals surface area contributed by atoms with Gasteiger partial charge in [0.25, 0.3) is 5.91 Å². The van der Waals surface area contributed by atoms with E-state index in [0.717, 1.165) is 76.5 Å². The molecule has 0 saturated carbocycles. The highest BCUT2D eigenvalue weighted by Crippen LogP contribution is 2.18. The van der Waals surface area contributed by atoms with Crippen molar-refractivity contribution in [2.24, 2.45) is 0 Å². The molecule has 2 aliphatic rings. The summed E-state index contributed by atoms with van der Waals surface area (Å²) in [4.78, 5) is 17.6. The minimum absolute atomic E-state index is 0.0371. The molecule has 2 fully saturated rings. The topological polar surface area (TPSA) is 44.8 Å². The van der Waals surface area contributed by atoms with Gasteiger partial charge in [-0.2, -0.15) is 0 Å². The Kier molecular flexibility index (Phi) is 6.80. The number of anilines is 1. The van der Waals surface area contributed by atoms with Gasteiger partial charge < -0.3 is 19.9 Å². The molecule has 4 rings (SSSR count). The van der Waals surface area contributed by atoms with Crippen LogP contribution >= 0.6 is 0 Å². The van der Waals surface area contributed by atoms with Crippen molar-refractivity contribution in [1.82, 2.24) is 10.2 Å². The normalized spacial score (nSPS) is 20.4. The van der Waals surface area contributed by atoms with Crippen LogP contribution in [0.3, 0.4) is 0 Å². The lowest BCUT2D eigenvalue weighted by molar-refractivity contribution is 0.0904. The molecule has 2 aromatic rings. The van der Waals surface area contributed by atoms with Crippen molar-refractivity contribution in [1.29, 1.82) is 0 Å². The molecular formula is C24H31N3O2. The Labute approximate surface area is 173 Å². The summed E-state index contributed by atoms with van der Waals surface area (Å²) < 4.78 is 5.43. The first-order chi connectivity index (χ1) is 14.3. The number of hydrogen-bond donors (Lipinski definition) is 1. The summed E-state index contributed by atoms with van der Waals surface area (Å²) in [6.45, 7) is 6.35. The Morgan fingerprint density at radius 3 is 2.69 bits per heavy atom. The van der Waals surface area contributed by atoms with Crippen LogP contribution in [0.15, 0.2) is 54.6 Å². The second-order valence-corrected chi connectivity index (χ2v) is 8.00. The number of carbonyl (C=O) groups excluding carboxylic acids is 1. The van der Waals surface area contributed by atoms with Gasteiger partial charge in [-0.3, -0.25) is 4.79 Å². The molecule has 0 aromatic heterocycles. The van der Waals surface area contributed by atoms with Crippen molar-refractivity contribution >= 4 is 11.6 Å². The molecule has 154 valence electrons. The van der Waals surface area contributed by atoms with Crippen LogP contribution in [0.5, 0.6) is 0 Å². The van der Waals surface area contributed by atoms with Crippen LogP contribution in [0, 0.1) is 0 Å². The van der Waals surface area contributed by atoms with Crippen molar-refractivity contribution in [3.8, 4) is 0 Å². The Morgan fingerprint density at radius 1 is 1.03 bits per heavy atom. The molecular weight excluding hydrogens is 362 g/mol. The smallest absolute Gasteiger partial charge is 0.251 e. The SMILES string of the molecule is O=C(NC1CCCN(CCc2ccccc2)C1)c1cccc(N2CCOCC2)c1. The summed E-state index contributed by atoms with van der Waals surface area (Å²) in [6, 6.07) is 18.8. The van der Waals surface area contributed by atoms with E-state index in [1.807, 2.05) is 18.2 Å². The zero-order valence-electron chi connectivity index (χ0n) is 17.1. The molecule has 5 nitrogen and oxygen atoms in total. The zero-order chi connectivity index (χ0) is 19.9. The summed E-state index contributed by atoms with van der Waals surface area (Å²) in [5, 5.41) is 3.27. The van der Waals surface area contributed by atoms with Gasteiger partial charge in [-0.25, -0.2) is 0 Å². The number of piperidine rings is 1. The Balaban J connectivity index is 1.30. The van der Waals surface area contributed by atoms with E-state index in [1.165, 1.54) is 5.56 Å². The first-order valence-corrected chi connectivity index (χ1v) is 10.8. The number of benzene rings is 2. The molecule has 1 amide bonds. The minimum atomic E-state index is 0.0371. The molecule has 0 aliphatic carbocycles. The van der Waals surface area contributed by atoms with E-state index in [2.05, 4.69) is 51.5 Å². The van der Waals surface area contributed by atoms with E-state index in [-0.39, 0.29) is 11.9 Å². The maximum absolute atomic E-state index is 12.9. The molecule has 1 atom stereocenters. The number of ether oxygens (including phenoxy) is 1. The predicted molar refractivity (Wildman–Crippen MR) is 117 cm³/mol. The molecule has 1 unspecified atom stereocenters. The van der Waals surface area contributed by atoms with Gasteiger partial charge >= 0.3 is 0 Å². The fourth-order valence-electron chi connectivity index (χ4n) is 4.24. The van der Waals surface area contributed by atoms with Crippen LogP contribution in [-0.2, 0) is 11.2 Å². The molecule has 2 aliphatic heterocycles. The third kappa shape index (κ3) is 5.58. The van der Waals surface area contributed by atoms with Gasteiger partial charge in [0.1, 0.15) is 0 Å². The van der Waals surface area contributed by atoms with E-state index >= 15 is 0 Å². The highest BCUT2D eigenvalue weighted by atomic mass is 16.5. The molecule has 0 spiro atoms. The molecule has 29 heavy (non-hydrogen) atoms. The lowest BCUT2D eigenvalue weighted by Crippen LogP contribution is -2.48. The standard InChI is InChI=1S/C24H31N3O2/c28-24(21-8-4-10-23(18-21)27-14-16-29-17-15-27)25-22-9-5-12-26(19-22)13-11-20-6-2-1-3-7-20/h1-4,6-8,10,18,22H,5,9,11-17,19H2,(H,25,28). The Bertz CT molecular complexity index is 790. The summed E-state index contributed by atoms with van der Waals surface area (Å²) in [7, 11) is 0. The van der Waals surface area contributed by atoms with Gasteiger partial charge in [-0.15, -0.1) is 0 Å². The summed E-state index contributed by atoms with van der Waals surface area (Å²) >= 11 is 0. The highest BCUT2D eigenvalue weighted by Gasteiger charge is 2.22. The van der Waals surface area contributed by atoms with Crippen molar-refractivity contribution in [2.75, 3.05) is 50.8 Å². The monoisotopic (exact) mass is 393 g/mol. The Morgan fingerprint density at radius 2 is 1.86 bits per heavy atom. The van der Waals surface area contributed by atoms with Gasteiger partial charge in [0.2, 0.25) is 0 Å². The van der Waals surface area contributed by atoms with Crippen molar-refractivity contribution < 1.29 is 9.53 Å². The van der Waals surface area contributed by atoms with E-state index < -0.39 is 0 Å². The van der Waals surface area contributed by atoms with Crippen LogP contribution in [0.2, 0.25) is 0 Å². The summed E-state index contributed by atoms with van der Waals surface area (Å²) in [6.07, 6.45) is 3.24. The number of nitrogens with zero attached hydrogens (tertiary/aromatic N) is 2. The average molecular weight is 394 g/mol. The third-order valence-electron chi connectivity index (χ3n) is 5.88.